The van der Waals surface area contributed by atoms with Crippen LogP contribution in [0.4, 0.5) is 0 Å². The Morgan fingerprint density at radius 2 is 2.38 bits per heavy atom. The summed E-state index contributed by atoms with van der Waals surface area (Å²) >= 11 is 3.76. The van der Waals surface area contributed by atoms with E-state index in [1.165, 1.54) is 0 Å². The summed E-state index contributed by atoms with van der Waals surface area (Å²) in [4.78, 5) is 11.7. The first-order valence-corrected chi connectivity index (χ1v) is 6.68. The van der Waals surface area contributed by atoms with Gasteiger partial charge < -0.3 is 9.73 Å². The van der Waals surface area contributed by atoms with Gasteiger partial charge in [0.15, 0.2) is 0 Å². The van der Waals surface area contributed by atoms with Gasteiger partial charge in [0.05, 0.1) is 15.0 Å². The monoisotopic (exact) mass is 347 g/mol. The molecule has 84 valence electrons. The number of hydrogen-bond acceptors (Lipinski definition) is 3. The number of halogens is 1. The van der Waals surface area contributed by atoms with Crippen LogP contribution in [-0.2, 0) is 6.54 Å². The minimum Gasteiger partial charge on any atom is -0.465 e. The molecule has 2 heterocycles. The van der Waals surface area contributed by atoms with Gasteiger partial charge in [0, 0.05) is 5.38 Å². The number of carbonyl (C=O) groups excluding carboxylic acids is 1. The molecule has 0 radical (unpaired) electrons. The molecule has 0 saturated heterocycles. The van der Waals surface area contributed by atoms with Crippen LogP contribution in [0.3, 0.4) is 0 Å². The lowest BCUT2D eigenvalue weighted by Crippen LogP contribution is -2.21. The van der Waals surface area contributed by atoms with Gasteiger partial charge in [0.25, 0.3) is 5.91 Å². The van der Waals surface area contributed by atoms with Crippen LogP contribution >= 0.6 is 33.9 Å². The van der Waals surface area contributed by atoms with Crippen LogP contribution in [0.2, 0.25) is 0 Å². The Morgan fingerprint density at radius 3 is 2.94 bits per heavy atom. The second-order valence-corrected chi connectivity index (χ2v) is 6.14. The first-order valence-electron chi connectivity index (χ1n) is 4.72. The third-order valence-corrected chi connectivity index (χ3v) is 3.84. The molecule has 0 aliphatic rings. The van der Waals surface area contributed by atoms with Gasteiger partial charge in [-0.25, -0.2) is 0 Å². The van der Waals surface area contributed by atoms with Crippen LogP contribution in [0.25, 0.3) is 0 Å². The molecule has 16 heavy (non-hydrogen) atoms. The zero-order chi connectivity index (χ0) is 11.5. The minimum atomic E-state index is -0.0618. The van der Waals surface area contributed by atoms with Crippen molar-refractivity contribution < 1.29 is 9.21 Å². The number of rotatable bonds is 3. The summed E-state index contributed by atoms with van der Waals surface area (Å²) in [6, 6.07) is 5.62. The quantitative estimate of drug-likeness (QED) is 0.867. The van der Waals surface area contributed by atoms with Crippen molar-refractivity contribution in [2.75, 3.05) is 0 Å². The van der Waals surface area contributed by atoms with E-state index < -0.39 is 0 Å². The van der Waals surface area contributed by atoms with E-state index in [0.29, 0.717) is 12.1 Å². The van der Waals surface area contributed by atoms with Crippen LogP contribution in [0, 0.1) is 9.81 Å². The summed E-state index contributed by atoms with van der Waals surface area (Å²) < 4.78 is 6.47. The number of furan rings is 1. The van der Waals surface area contributed by atoms with E-state index in [4.69, 9.17) is 4.42 Å². The summed E-state index contributed by atoms with van der Waals surface area (Å²) in [5.74, 6) is 1.57. The van der Waals surface area contributed by atoms with Gasteiger partial charge in [-0.1, -0.05) is 0 Å². The zero-order valence-electron chi connectivity index (χ0n) is 8.62. The minimum absolute atomic E-state index is 0.0618. The third-order valence-electron chi connectivity index (χ3n) is 2.05. The van der Waals surface area contributed by atoms with Crippen molar-refractivity contribution in [3.05, 3.63) is 43.5 Å². The Labute approximate surface area is 111 Å². The molecule has 0 aliphatic heterocycles. The van der Waals surface area contributed by atoms with E-state index in [0.717, 1.165) is 14.4 Å². The highest BCUT2D eigenvalue weighted by atomic mass is 127. The average Bonchev–Trinajstić information content (AvgIpc) is 2.84. The van der Waals surface area contributed by atoms with E-state index in [2.05, 4.69) is 27.9 Å². The first-order chi connectivity index (χ1) is 7.65. The van der Waals surface area contributed by atoms with Crippen molar-refractivity contribution in [1.82, 2.24) is 5.32 Å². The standard InChI is InChI=1S/C11H10INO2S/c1-7-2-3-9(15-7)5-13-11(14)8-4-10(12)16-6-8/h2-4,6H,5H2,1H3,(H,13,14). The second kappa shape index (κ2) is 5.01. The lowest BCUT2D eigenvalue weighted by atomic mass is 10.3. The highest BCUT2D eigenvalue weighted by molar-refractivity contribution is 14.1. The van der Waals surface area contributed by atoms with E-state index in [1.54, 1.807) is 11.3 Å². The Balaban J connectivity index is 1.93. The second-order valence-electron chi connectivity index (χ2n) is 3.33. The Morgan fingerprint density at radius 1 is 1.56 bits per heavy atom. The summed E-state index contributed by atoms with van der Waals surface area (Å²) in [5.41, 5.74) is 0.706. The molecular weight excluding hydrogens is 337 g/mol. The summed E-state index contributed by atoms with van der Waals surface area (Å²) in [6.45, 7) is 2.31. The molecule has 0 aromatic carbocycles. The van der Waals surface area contributed by atoms with Crippen molar-refractivity contribution in [3.8, 4) is 0 Å². The number of aryl methyl sites for hydroxylation is 1. The van der Waals surface area contributed by atoms with Gasteiger partial charge in [0.2, 0.25) is 0 Å². The molecule has 2 aromatic rings. The number of thiophene rings is 1. The maximum atomic E-state index is 11.7. The summed E-state index contributed by atoms with van der Waals surface area (Å²) in [6.07, 6.45) is 0. The normalized spacial score (nSPS) is 10.4. The van der Waals surface area contributed by atoms with Crippen molar-refractivity contribution >= 4 is 39.8 Å². The molecule has 0 saturated carbocycles. The van der Waals surface area contributed by atoms with Gasteiger partial charge in [-0.3, -0.25) is 4.79 Å². The third kappa shape index (κ3) is 2.85. The SMILES string of the molecule is Cc1ccc(CNC(=O)c2csc(I)c2)o1. The Kier molecular flexibility index (Phi) is 3.65. The summed E-state index contributed by atoms with van der Waals surface area (Å²) in [5, 5.41) is 4.66. The fraction of sp³-hybridized carbons (Fsp3) is 0.182. The van der Waals surface area contributed by atoms with E-state index in [9.17, 15) is 4.79 Å². The predicted octanol–water partition coefficient (Wildman–Crippen LogP) is 3.18. The lowest BCUT2D eigenvalue weighted by molar-refractivity contribution is 0.0948. The highest BCUT2D eigenvalue weighted by Gasteiger charge is 2.08. The molecule has 0 aliphatic carbocycles. The lowest BCUT2D eigenvalue weighted by Gasteiger charge is -2.00. The number of carbonyl (C=O) groups is 1. The zero-order valence-corrected chi connectivity index (χ0v) is 11.6. The average molecular weight is 347 g/mol. The molecule has 1 N–H and O–H groups in total. The molecule has 0 atom stereocenters. The van der Waals surface area contributed by atoms with E-state index in [-0.39, 0.29) is 5.91 Å². The molecule has 0 bridgehead atoms. The van der Waals surface area contributed by atoms with Gasteiger partial charge in [-0.05, 0) is 47.7 Å². The fourth-order valence-electron chi connectivity index (χ4n) is 1.28. The number of hydrogen-bond donors (Lipinski definition) is 1. The van der Waals surface area contributed by atoms with Gasteiger partial charge in [-0.15, -0.1) is 11.3 Å². The maximum Gasteiger partial charge on any atom is 0.252 e. The molecule has 0 spiro atoms. The molecular formula is C11H10INO2S. The molecule has 2 rings (SSSR count). The molecule has 5 heteroatoms. The van der Waals surface area contributed by atoms with Gasteiger partial charge in [0.1, 0.15) is 11.5 Å². The van der Waals surface area contributed by atoms with Crippen LogP contribution in [0.1, 0.15) is 21.9 Å². The number of amides is 1. The Bertz CT molecular complexity index is 504. The van der Waals surface area contributed by atoms with Crippen molar-refractivity contribution in [2.45, 2.75) is 13.5 Å². The van der Waals surface area contributed by atoms with Gasteiger partial charge in [-0.2, -0.15) is 0 Å². The van der Waals surface area contributed by atoms with Crippen LogP contribution in [0.15, 0.2) is 28.0 Å². The van der Waals surface area contributed by atoms with E-state index in [1.807, 2.05) is 30.5 Å². The maximum absolute atomic E-state index is 11.7. The van der Waals surface area contributed by atoms with Crippen LogP contribution < -0.4 is 5.32 Å². The fourth-order valence-corrected chi connectivity index (χ4v) is 2.61. The topological polar surface area (TPSA) is 42.2 Å². The van der Waals surface area contributed by atoms with Gasteiger partial charge >= 0.3 is 0 Å². The molecule has 1 amide bonds. The molecule has 0 unspecified atom stereocenters. The largest absolute Gasteiger partial charge is 0.465 e. The van der Waals surface area contributed by atoms with Crippen molar-refractivity contribution in [1.29, 1.82) is 0 Å². The highest BCUT2D eigenvalue weighted by Crippen LogP contribution is 2.16. The van der Waals surface area contributed by atoms with Crippen molar-refractivity contribution in [3.63, 3.8) is 0 Å². The molecule has 0 fully saturated rings. The summed E-state index contributed by atoms with van der Waals surface area (Å²) in [7, 11) is 0. The predicted molar refractivity (Wildman–Crippen MR) is 71.7 cm³/mol. The van der Waals surface area contributed by atoms with E-state index >= 15 is 0 Å². The number of nitrogens with one attached hydrogen (secondary N) is 1. The van der Waals surface area contributed by atoms with Crippen LogP contribution in [0.5, 0.6) is 0 Å². The molecule has 2 aromatic heterocycles. The van der Waals surface area contributed by atoms with Crippen molar-refractivity contribution in [2.24, 2.45) is 0 Å². The first kappa shape index (κ1) is 11.7. The molecule has 3 nitrogen and oxygen atoms in total. The van der Waals surface area contributed by atoms with Crippen LogP contribution in [-0.4, -0.2) is 5.91 Å². The Hall–Kier alpha value is -0.820. The smallest absolute Gasteiger partial charge is 0.252 e.